The molecule has 8 heteroatoms. The molecule has 3 aromatic carbocycles. The fourth-order valence-corrected chi connectivity index (χ4v) is 6.72. The fourth-order valence-electron chi connectivity index (χ4n) is 5.17. The van der Waals surface area contributed by atoms with Gasteiger partial charge in [0, 0.05) is 12.5 Å². The van der Waals surface area contributed by atoms with Gasteiger partial charge in [0.05, 0.1) is 27.9 Å². The second-order valence-electron chi connectivity index (χ2n) is 9.15. The molecule has 2 heterocycles. The summed E-state index contributed by atoms with van der Waals surface area (Å²) in [6.07, 6.45) is 3.59. The quantitative estimate of drug-likeness (QED) is 0.249. The normalized spacial score (nSPS) is 16.3. The Morgan fingerprint density at radius 3 is 2.63 bits per heavy atom. The number of carbonyl (C=O) groups excluding carboxylic acids is 1. The Morgan fingerprint density at radius 2 is 1.87 bits per heavy atom. The molecule has 1 aliphatic heterocycles. The van der Waals surface area contributed by atoms with E-state index in [9.17, 15) is 9.59 Å². The van der Waals surface area contributed by atoms with Crippen molar-refractivity contribution < 1.29 is 14.3 Å². The molecule has 0 saturated heterocycles. The number of thiazole rings is 1. The number of nitrogens with zero attached hydrogens (tertiary/aromatic N) is 2. The summed E-state index contributed by atoms with van der Waals surface area (Å²) in [6, 6.07) is 21.9. The van der Waals surface area contributed by atoms with Crippen LogP contribution in [0.1, 0.15) is 41.6 Å². The zero-order valence-corrected chi connectivity index (χ0v) is 23.1. The minimum absolute atomic E-state index is 0.0906. The lowest BCUT2D eigenvalue weighted by atomic mass is 9.83. The highest BCUT2D eigenvalue weighted by Gasteiger charge is 2.32. The van der Waals surface area contributed by atoms with Crippen molar-refractivity contribution in [3.8, 4) is 11.5 Å². The Bertz CT molecular complexity index is 1800. The second kappa shape index (κ2) is 9.85. The van der Waals surface area contributed by atoms with E-state index >= 15 is 0 Å². The molecule has 0 N–H and O–H groups in total. The Kier molecular flexibility index (Phi) is 6.37. The molecule has 0 fully saturated rings. The van der Waals surface area contributed by atoms with E-state index in [0.29, 0.717) is 25.3 Å². The Hall–Kier alpha value is -3.75. The Morgan fingerprint density at radius 1 is 1.11 bits per heavy atom. The number of fused-ring (bicyclic) bond motifs is 3. The van der Waals surface area contributed by atoms with E-state index in [1.807, 2.05) is 34.9 Å². The lowest BCUT2D eigenvalue weighted by Gasteiger charge is -2.30. The third kappa shape index (κ3) is 4.23. The van der Waals surface area contributed by atoms with Crippen LogP contribution >= 0.6 is 27.3 Å². The van der Waals surface area contributed by atoms with E-state index in [-0.39, 0.29) is 11.6 Å². The summed E-state index contributed by atoms with van der Waals surface area (Å²) in [6.45, 7) is 1.34. The number of ether oxygens (including phenoxy) is 2. The van der Waals surface area contributed by atoms with E-state index in [0.717, 1.165) is 35.2 Å². The fraction of sp³-hybridized carbons (Fsp3) is 0.167. The van der Waals surface area contributed by atoms with E-state index in [2.05, 4.69) is 46.3 Å². The largest absolute Gasteiger partial charge is 0.493 e. The smallest absolute Gasteiger partial charge is 0.308 e. The maximum absolute atomic E-state index is 13.9. The van der Waals surface area contributed by atoms with Crippen molar-refractivity contribution in [2.24, 2.45) is 4.99 Å². The predicted octanol–water partition coefficient (Wildman–Crippen LogP) is 5.02. The molecule has 1 aliphatic carbocycles. The molecule has 2 aliphatic rings. The highest BCUT2D eigenvalue weighted by atomic mass is 79.9. The second-order valence-corrected chi connectivity index (χ2v) is 11.0. The van der Waals surface area contributed by atoms with Gasteiger partial charge in [0.15, 0.2) is 16.3 Å². The molecule has 1 aromatic heterocycles. The number of benzene rings is 3. The molecule has 0 amide bonds. The van der Waals surface area contributed by atoms with Crippen molar-refractivity contribution in [3.05, 3.63) is 119 Å². The van der Waals surface area contributed by atoms with Crippen LogP contribution in [0.2, 0.25) is 0 Å². The molecule has 4 aromatic rings. The first-order valence-corrected chi connectivity index (χ1v) is 13.8. The average Bonchev–Trinajstić information content (AvgIpc) is 3.23. The Balaban J connectivity index is 1.56. The van der Waals surface area contributed by atoms with Crippen molar-refractivity contribution in [1.29, 1.82) is 0 Å². The number of halogens is 1. The van der Waals surface area contributed by atoms with Crippen molar-refractivity contribution in [2.45, 2.75) is 25.8 Å². The summed E-state index contributed by atoms with van der Waals surface area (Å²) in [5.74, 6) is 0.244. The van der Waals surface area contributed by atoms with Gasteiger partial charge in [0.25, 0.3) is 5.56 Å². The maximum atomic E-state index is 13.9. The summed E-state index contributed by atoms with van der Waals surface area (Å²) < 4.78 is 13.7. The van der Waals surface area contributed by atoms with Gasteiger partial charge in [-0.05, 0) is 69.2 Å². The van der Waals surface area contributed by atoms with Crippen molar-refractivity contribution in [2.75, 3.05) is 7.11 Å². The zero-order valence-electron chi connectivity index (χ0n) is 20.7. The first-order chi connectivity index (χ1) is 18.4. The molecule has 190 valence electrons. The number of aromatic nitrogens is 1. The van der Waals surface area contributed by atoms with Crippen LogP contribution in [0.25, 0.3) is 11.8 Å². The molecule has 0 unspecified atom stereocenters. The van der Waals surface area contributed by atoms with Gasteiger partial charge in [-0.1, -0.05) is 65.9 Å². The van der Waals surface area contributed by atoms with Crippen LogP contribution in [0.4, 0.5) is 0 Å². The van der Waals surface area contributed by atoms with Gasteiger partial charge in [-0.15, -0.1) is 0 Å². The summed E-state index contributed by atoms with van der Waals surface area (Å²) in [5.41, 5.74) is 6.28. The summed E-state index contributed by atoms with van der Waals surface area (Å²) in [5, 5.41) is 0. The van der Waals surface area contributed by atoms with Gasteiger partial charge in [-0.25, -0.2) is 4.99 Å². The molecule has 1 atom stereocenters. The monoisotopic (exact) mass is 586 g/mol. The van der Waals surface area contributed by atoms with Crippen LogP contribution in [-0.2, 0) is 11.2 Å². The number of aryl methyl sites for hydroxylation is 1. The number of hydrogen-bond acceptors (Lipinski definition) is 6. The number of rotatable bonds is 4. The molecule has 0 spiro atoms. The maximum Gasteiger partial charge on any atom is 0.308 e. The summed E-state index contributed by atoms with van der Waals surface area (Å²) in [4.78, 5) is 31.2. The molecule has 0 bridgehead atoms. The van der Waals surface area contributed by atoms with Crippen LogP contribution in [0.5, 0.6) is 11.5 Å². The SMILES string of the molecule is COc1cc(/C=c2\sc3n(c2=O)[C@H](c2ccccc2)C2=C(N=3)c3ccccc3CC2)cc(Br)c1OC(C)=O. The number of methoxy groups -OCH3 is 1. The number of hydrogen-bond donors (Lipinski definition) is 0. The van der Waals surface area contributed by atoms with E-state index < -0.39 is 5.97 Å². The van der Waals surface area contributed by atoms with Crippen LogP contribution in [0.3, 0.4) is 0 Å². The minimum Gasteiger partial charge on any atom is -0.493 e. The van der Waals surface area contributed by atoms with Crippen molar-refractivity contribution >= 4 is 45.0 Å². The molecule has 0 saturated carbocycles. The number of esters is 1. The highest BCUT2D eigenvalue weighted by Crippen LogP contribution is 2.41. The molecule has 6 rings (SSSR count). The van der Waals surface area contributed by atoms with E-state index in [4.69, 9.17) is 14.5 Å². The van der Waals surface area contributed by atoms with Gasteiger partial charge in [0.2, 0.25) is 0 Å². The van der Waals surface area contributed by atoms with Crippen LogP contribution in [0.15, 0.2) is 86.6 Å². The number of allylic oxidation sites excluding steroid dienone is 1. The lowest BCUT2D eigenvalue weighted by Crippen LogP contribution is -2.38. The molecule has 0 radical (unpaired) electrons. The predicted molar refractivity (Wildman–Crippen MR) is 151 cm³/mol. The average molecular weight is 587 g/mol. The Labute approximate surface area is 231 Å². The van der Waals surface area contributed by atoms with Crippen molar-refractivity contribution in [1.82, 2.24) is 4.57 Å². The first kappa shape index (κ1) is 24.6. The summed E-state index contributed by atoms with van der Waals surface area (Å²) in [7, 11) is 1.51. The lowest BCUT2D eigenvalue weighted by molar-refractivity contribution is -0.132. The highest BCUT2D eigenvalue weighted by molar-refractivity contribution is 9.10. The first-order valence-electron chi connectivity index (χ1n) is 12.2. The van der Waals surface area contributed by atoms with Gasteiger partial charge < -0.3 is 9.47 Å². The zero-order chi connectivity index (χ0) is 26.4. The molecule has 38 heavy (non-hydrogen) atoms. The van der Waals surface area contributed by atoms with Crippen molar-refractivity contribution in [3.63, 3.8) is 0 Å². The number of carbonyl (C=O) groups is 1. The topological polar surface area (TPSA) is 69.9 Å². The molecular weight excluding hydrogens is 564 g/mol. The molecule has 6 nitrogen and oxygen atoms in total. The van der Waals surface area contributed by atoms with Gasteiger partial charge in [-0.3, -0.25) is 14.2 Å². The van der Waals surface area contributed by atoms with E-state index in [1.165, 1.54) is 36.5 Å². The standard InChI is InChI=1S/C30H23BrN2O4S/c1-17(34)37-28-23(31)14-18(15-24(28)36-2)16-25-29(35)33-27(20-9-4-3-5-10-20)22-13-12-19-8-6-7-11-21(19)26(22)32-30(33)38-25/h3-11,14-16,27H,12-13H2,1-2H3/b25-16-/t27-/m1/s1. The van der Waals surface area contributed by atoms with Gasteiger partial charge in [0.1, 0.15) is 0 Å². The third-order valence-electron chi connectivity index (χ3n) is 6.78. The minimum atomic E-state index is -0.448. The van der Waals surface area contributed by atoms with Gasteiger partial charge >= 0.3 is 5.97 Å². The third-order valence-corrected chi connectivity index (χ3v) is 8.36. The summed E-state index contributed by atoms with van der Waals surface area (Å²) >= 11 is 4.84. The van der Waals surface area contributed by atoms with Gasteiger partial charge in [-0.2, -0.15) is 0 Å². The van der Waals surface area contributed by atoms with Crippen LogP contribution in [-0.4, -0.2) is 17.6 Å². The van der Waals surface area contributed by atoms with E-state index in [1.54, 1.807) is 12.1 Å². The molecular formula is C30H23BrN2O4S. The van der Waals surface area contributed by atoms with Crippen LogP contribution in [0, 0.1) is 0 Å². The van der Waals surface area contributed by atoms with Crippen LogP contribution < -0.4 is 24.4 Å².